The number of carbonyl (C=O) groups excluding carboxylic acids is 2. The van der Waals surface area contributed by atoms with E-state index in [2.05, 4.69) is 5.32 Å². The molecule has 0 bridgehead atoms. The van der Waals surface area contributed by atoms with Gasteiger partial charge in [0.25, 0.3) is 5.91 Å². The molecular formula is C17H15NO3. The van der Waals surface area contributed by atoms with Crippen molar-refractivity contribution in [2.45, 2.75) is 13.8 Å². The molecule has 0 fully saturated rings. The largest absolute Gasteiger partial charge is 0.482 e. The minimum absolute atomic E-state index is 0.0113. The fraction of sp³-hybridized carbons (Fsp3) is 0.176. The van der Waals surface area contributed by atoms with Gasteiger partial charge in [0.2, 0.25) is 0 Å². The quantitative estimate of drug-likeness (QED) is 0.861. The molecule has 1 heterocycles. The zero-order valence-corrected chi connectivity index (χ0v) is 11.9. The number of hydrogen-bond donors (Lipinski definition) is 1. The van der Waals surface area contributed by atoms with Crippen LogP contribution in [0.4, 0.5) is 5.69 Å². The van der Waals surface area contributed by atoms with Crippen LogP contribution < -0.4 is 10.1 Å². The number of ether oxygens (including phenoxy) is 1. The summed E-state index contributed by atoms with van der Waals surface area (Å²) >= 11 is 0. The van der Waals surface area contributed by atoms with Crippen LogP contribution >= 0.6 is 0 Å². The van der Waals surface area contributed by atoms with E-state index in [0.717, 1.165) is 11.1 Å². The van der Waals surface area contributed by atoms with E-state index < -0.39 is 0 Å². The van der Waals surface area contributed by atoms with Crippen molar-refractivity contribution < 1.29 is 14.3 Å². The van der Waals surface area contributed by atoms with Crippen molar-refractivity contribution in [3.63, 3.8) is 0 Å². The smallest absolute Gasteiger partial charge is 0.262 e. The molecule has 1 N–H and O–H groups in total. The van der Waals surface area contributed by atoms with Gasteiger partial charge >= 0.3 is 0 Å². The maximum atomic E-state index is 12.6. The van der Waals surface area contributed by atoms with Crippen molar-refractivity contribution in [2.75, 3.05) is 11.9 Å². The van der Waals surface area contributed by atoms with Gasteiger partial charge in [0, 0.05) is 11.1 Å². The lowest BCUT2D eigenvalue weighted by Gasteiger charge is -2.18. The predicted molar refractivity (Wildman–Crippen MR) is 79.9 cm³/mol. The molecule has 2 aromatic carbocycles. The Morgan fingerprint density at radius 3 is 2.71 bits per heavy atom. The van der Waals surface area contributed by atoms with E-state index in [0.29, 0.717) is 22.6 Å². The molecule has 4 heteroatoms. The van der Waals surface area contributed by atoms with Crippen LogP contribution in [0.2, 0.25) is 0 Å². The number of rotatable bonds is 2. The molecule has 0 radical (unpaired) electrons. The van der Waals surface area contributed by atoms with Crippen molar-refractivity contribution in [1.82, 2.24) is 0 Å². The molecular weight excluding hydrogens is 266 g/mol. The van der Waals surface area contributed by atoms with Gasteiger partial charge in [-0.1, -0.05) is 23.8 Å². The number of benzene rings is 2. The fourth-order valence-electron chi connectivity index (χ4n) is 2.45. The zero-order chi connectivity index (χ0) is 15.0. The molecule has 1 amide bonds. The summed E-state index contributed by atoms with van der Waals surface area (Å²) in [6, 6.07) is 10.8. The molecule has 1 aliphatic heterocycles. The molecule has 21 heavy (non-hydrogen) atoms. The topological polar surface area (TPSA) is 55.4 Å². The van der Waals surface area contributed by atoms with E-state index in [1.165, 1.54) is 0 Å². The first-order valence-corrected chi connectivity index (χ1v) is 6.73. The third kappa shape index (κ3) is 2.52. The predicted octanol–water partition coefficient (Wildman–Crippen LogP) is 2.87. The van der Waals surface area contributed by atoms with Crippen LogP contribution in [0, 0.1) is 13.8 Å². The first kappa shape index (κ1) is 13.4. The molecule has 0 atom stereocenters. The summed E-state index contributed by atoms with van der Waals surface area (Å²) in [5.74, 6) is 0.320. The van der Waals surface area contributed by atoms with Gasteiger partial charge in [-0.3, -0.25) is 9.59 Å². The molecule has 0 spiro atoms. The molecule has 0 aromatic heterocycles. The molecule has 2 aromatic rings. The SMILES string of the molecule is Cc1ccc(C(=O)c2ccc3c(c2)NC(=O)CO3)c(C)c1. The summed E-state index contributed by atoms with van der Waals surface area (Å²) in [4.78, 5) is 23.9. The number of fused-ring (bicyclic) bond motifs is 1. The Kier molecular flexibility index (Phi) is 3.22. The van der Waals surface area contributed by atoms with Crippen LogP contribution in [0.5, 0.6) is 5.75 Å². The lowest BCUT2D eigenvalue weighted by Crippen LogP contribution is -2.25. The van der Waals surface area contributed by atoms with E-state index >= 15 is 0 Å². The molecule has 106 valence electrons. The second kappa shape index (κ2) is 5.05. The Hall–Kier alpha value is -2.62. The van der Waals surface area contributed by atoms with Gasteiger partial charge in [0.05, 0.1) is 5.69 Å². The zero-order valence-electron chi connectivity index (χ0n) is 11.9. The summed E-state index contributed by atoms with van der Waals surface area (Å²) in [6.45, 7) is 3.92. The number of anilines is 1. The van der Waals surface area contributed by atoms with Gasteiger partial charge in [-0.05, 0) is 37.6 Å². The Morgan fingerprint density at radius 1 is 1.14 bits per heavy atom. The number of nitrogens with one attached hydrogen (secondary N) is 1. The Balaban J connectivity index is 1.98. The third-order valence-electron chi connectivity index (χ3n) is 3.50. The Morgan fingerprint density at radius 2 is 1.95 bits per heavy atom. The van der Waals surface area contributed by atoms with Crippen molar-refractivity contribution >= 4 is 17.4 Å². The molecule has 1 aliphatic rings. The summed E-state index contributed by atoms with van der Waals surface area (Å²) < 4.78 is 5.29. The highest BCUT2D eigenvalue weighted by atomic mass is 16.5. The normalized spacial score (nSPS) is 13.1. The van der Waals surface area contributed by atoms with E-state index in [9.17, 15) is 9.59 Å². The lowest BCUT2D eigenvalue weighted by atomic mass is 9.97. The molecule has 3 rings (SSSR count). The van der Waals surface area contributed by atoms with Crippen molar-refractivity contribution in [3.8, 4) is 5.75 Å². The first-order chi connectivity index (χ1) is 10.0. The van der Waals surface area contributed by atoms with Gasteiger partial charge in [-0.25, -0.2) is 0 Å². The summed E-state index contributed by atoms with van der Waals surface area (Å²) in [5.41, 5.74) is 3.81. The molecule has 4 nitrogen and oxygen atoms in total. The second-order valence-electron chi connectivity index (χ2n) is 5.20. The summed E-state index contributed by atoms with van der Waals surface area (Å²) in [6.07, 6.45) is 0. The van der Waals surface area contributed by atoms with Crippen molar-refractivity contribution in [1.29, 1.82) is 0 Å². The second-order valence-corrected chi connectivity index (χ2v) is 5.20. The maximum Gasteiger partial charge on any atom is 0.262 e. The third-order valence-corrected chi connectivity index (χ3v) is 3.50. The van der Waals surface area contributed by atoms with Crippen molar-refractivity contribution in [2.24, 2.45) is 0 Å². The van der Waals surface area contributed by atoms with E-state index in [4.69, 9.17) is 4.74 Å². The van der Waals surface area contributed by atoms with Gasteiger partial charge < -0.3 is 10.1 Å². The van der Waals surface area contributed by atoms with Gasteiger partial charge in [0.1, 0.15) is 5.75 Å². The van der Waals surface area contributed by atoms with E-state index in [1.807, 2.05) is 32.0 Å². The first-order valence-electron chi connectivity index (χ1n) is 6.73. The van der Waals surface area contributed by atoms with Gasteiger partial charge in [0.15, 0.2) is 12.4 Å². The van der Waals surface area contributed by atoms with Crippen LogP contribution in [0.15, 0.2) is 36.4 Å². The Bertz CT molecular complexity index is 750. The highest BCUT2D eigenvalue weighted by Crippen LogP contribution is 2.29. The van der Waals surface area contributed by atoms with Crippen LogP contribution in [0.1, 0.15) is 27.0 Å². The summed E-state index contributed by atoms with van der Waals surface area (Å²) in [5, 5.41) is 2.71. The number of carbonyl (C=O) groups is 2. The van der Waals surface area contributed by atoms with E-state index in [1.54, 1.807) is 18.2 Å². The minimum atomic E-state index is -0.210. The van der Waals surface area contributed by atoms with Crippen LogP contribution in [0.3, 0.4) is 0 Å². The fourth-order valence-corrected chi connectivity index (χ4v) is 2.45. The highest BCUT2D eigenvalue weighted by molar-refractivity contribution is 6.11. The van der Waals surface area contributed by atoms with Crippen LogP contribution in [-0.2, 0) is 4.79 Å². The average Bonchev–Trinajstić information content (AvgIpc) is 2.46. The van der Waals surface area contributed by atoms with Crippen LogP contribution in [0.25, 0.3) is 0 Å². The number of amides is 1. The van der Waals surface area contributed by atoms with E-state index in [-0.39, 0.29) is 18.3 Å². The monoisotopic (exact) mass is 281 g/mol. The molecule has 0 unspecified atom stereocenters. The molecule has 0 saturated heterocycles. The van der Waals surface area contributed by atoms with Gasteiger partial charge in [-0.2, -0.15) is 0 Å². The number of hydrogen-bond acceptors (Lipinski definition) is 3. The number of aryl methyl sites for hydroxylation is 2. The standard InChI is InChI=1S/C17H15NO3/c1-10-3-5-13(11(2)7-10)17(20)12-4-6-15-14(8-12)18-16(19)9-21-15/h3-8H,9H2,1-2H3,(H,18,19). The molecule has 0 saturated carbocycles. The summed E-state index contributed by atoms with van der Waals surface area (Å²) in [7, 11) is 0. The molecule has 0 aliphatic carbocycles. The Labute approximate surface area is 122 Å². The maximum absolute atomic E-state index is 12.6. The van der Waals surface area contributed by atoms with Crippen LogP contribution in [-0.4, -0.2) is 18.3 Å². The highest BCUT2D eigenvalue weighted by Gasteiger charge is 2.19. The average molecular weight is 281 g/mol. The van der Waals surface area contributed by atoms with Gasteiger partial charge in [-0.15, -0.1) is 0 Å². The van der Waals surface area contributed by atoms with Crippen molar-refractivity contribution in [3.05, 3.63) is 58.7 Å². The lowest BCUT2D eigenvalue weighted by molar-refractivity contribution is -0.118. The minimum Gasteiger partial charge on any atom is -0.482 e. The number of ketones is 1.